The van der Waals surface area contributed by atoms with Crippen LogP contribution in [0.25, 0.3) is 0 Å². The van der Waals surface area contributed by atoms with Crippen molar-refractivity contribution in [3.63, 3.8) is 0 Å². The quantitative estimate of drug-likeness (QED) is 0.454. The van der Waals surface area contributed by atoms with E-state index in [0.717, 1.165) is 6.42 Å². The fourth-order valence-corrected chi connectivity index (χ4v) is 0.881. The zero-order valence-electron chi connectivity index (χ0n) is 7.55. The summed E-state index contributed by atoms with van der Waals surface area (Å²) in [6, 6.07) is -0.427. The van der Waals surface area contributed by atoms with Gasteiger partial charge in [0, 0.05) is 0 Å². The molecule has 1 atom stereocenters. The number of hydrogen-bond acceptors (Lipinski definition) is 4. The van der Waals surface area contributed by atoms with Crippen molar-refractivity contribution in [2.75, 3.05) is 13.1 Å². The lowest BCUT2D eigenvalue weighted by Gasteiger charge is -2.11. The first-order valence-electron chi connectivity index (χ1n) is 3.88. The molecule has 0 radical (unpaired) electrons. The molecule has 0 saturated carbocycles. The normalized spacial score (nSPS) is 11.8. The lowest BCUT2D eigenvalue weighted by Crippen LogP contribution is -2.36. The highest BCUT2D eigenvalue weighted by Crippen LogP contribution is 1.95. The van der Waals surface area contributed by atoms with Gasteiger partial charge >= 0.3 is 5.97 Å². The van der Waals surface area contributed by atoms with E-state index < -0.39 is 12.0 Å². The molecule has 7 N–H and O–H groups in total. The van der Waals surface area contributed by atoms with Crippen LogP contribution in [0.1, 0.15) is 19.8 Å². The van der Waals surface area contributed by atoms with E-state index in [-0.39, 0.29) is 6.15 Å². The predicted molar refractivity (Wildman–Crippen MR) is 48.4 cm³/mol. The fraction of sp³-hybridized carbons (Fsp3) is 0.857. The van der Waals surface area contributed by atoms with E-state index in [4.69, 9.17) is 10.8 Å². The number of nitrogens with one attached hydrogen (secondary N) is 1. The van der Waals surface area contributed by atoms with Crippen molar-refractivity contribution in [2.24, 2.45) is 5.73 Å². The van der Waals surface area contributed by atoms with Gasteiger partial charge in [0.25, 0.3) is 0 Å². The molecule has 1 unspecified atom stereocenters. The lowest BCUT2D eigenvalue weighted by molar-refractivity contribution is -0.139. The maximum atomic E-state index is 10.5. The van der Waals surface area contributed by atoms with Gasteiger partial charge in [-0.3, -0.25) is 4.79 Å². The molecule has 0 amide bonds. The minimum Gasteiger partial charge on any atom is -0.480 e. The van der Waals surface area contributed by atoms with Crippen molar-refractivity contribution >= 4 is 5.97 Å². The molecule has 0 spiro atoms. The summed E-state index contributed by atoms with van der Waals surface area (Å²) >= 11 is 0. The van der Waals surface area contributed by atoms with Gasteiger partial charge in [-0.1, -0.05) is 6.92 Å². The molecular formula is C7H19N3O2. The van der Waals surface area contributed by atoms with Crippen LogP contribution < -0.4 is 17.2 Å². The Balaban J connectivity index is 0. The lowest BCUT2D eigenvalue weighted by atomic mass is 10.1. The molecule has 5 nitrogen and oxygen atoms in total. The van der Waals surface area contributed by atoms with Gasteiger partial charge in [-0.05, 0) is 25.9 Å². The Bertz CT molecular complexity index is 119. The molecule has 0 fully saturated rings. The summed E-state index contributed by atoms with van der Waals surface area (Å²) in [7, 11) is 0. The summed E-state index contributed by atoms with van der Waals surface area (Å²) < 4.78 is 0. The van der Waals surface area contributed by atoms with E-state index in [0.29, 0.717) is 19.5 Å². The molecule has 0 bridgehead atoms. The molecule has 0 aliphatic heterocycles. The van der Waals surface area contributed by atoms with Crippen molar-refractivity contribution in [3.05, 3.63) is 0 Å². The topological polar surface area (TPSA) is 110 Å². The van der Waals surface area contributed by atoms with Crippen molar-refractivity contribution in [1.29, 1.82) is 0 Å². The van der Waals surface area contributed by atoms with Gasteiger partial charge in [0.15, 0.2) is 0 Å². The first-order valence-corrected chi connectivity index (χ1v) is 3.88. The Hall–Kier alpha value is -0.650. The predicted octanol–water partition coefficient (Wildman–Crippen LogP) is -0.0500. The Kier molecular flexibility index (Phi) is 9.79. The molecule has 0 aromatic rings. The monoisotopic (exact) mass is 177 g/mol. The van der Waals surface area contributed by atoms with E-state index >= 15 is 0 Å². The van der Waals surface area contributed by atoms with E-state index in [1.54, 1.807) is 0 Å². The van der Waals surface area contributed by atoms with Crippen LogP contribution in [-0.4, -0.2) is 30.2 Å². The Labute approximate surface area is 72.9 Å². The number of carboxylic acids is 1. The summed E-state index contributed by atoms with van der Waals surface area (Å²) in [6.45, 7) is 3.12. The van der Waals surface area contributed by atoms with E-state index in [1.807, 2.05) is 6.92 Å². The zero-order valence-corrected chi connectivity index (χ0v) is 7.55. The summed E-state index contributed by atoms with van der Waals surface area (Å²) in [5.41, 5.74) is 5.25. The number of aliphatic carboxylic acids is 1. The van der Waals surface area contributed by atoms with E-state index in [1.165, 1.54) is 0 Å². The first-order chi connectivity index (χ1) is 5.22. The molecule has 5 heteroatoms. The SMILES string of the molecule is CCNC(CCCN)C(=O)O.N. The maximum Gasteiger partial charge on any atom is 0.320 e. The van der Waals surface area contributed by atoms with Crippen LogP contribution in [0.5, 0.6) is 0 Å². The van der Waals surface area contributed by atoms with E-state index in [9.17, 15) is 4.79 Å². The second-order valence-corrected chi connectivity index (χ2v) is 2.38. The second kappa shape index (κ2) is 8.45. The molecule has 0 aliphatic rings. The molecule has 0 aromatic carbocycles. The molecule has 74 valence electrons. The molecule has 0 rings (SSSR count). The highest BCUT2D eigenvalue weighted by Gasteiger charge is 2.13. The number of carbonyl (C=O) groups is 1. The Morgan fingerprint density at radius 2 is 2.25 bits per heavy atom. The van der Waals surface area contributed by atoms with Gasteiger partial charge in [0.1, 0.15) is 6.04 Å². The average Bonchev–Trinajstić information content (AvgIpc) is 1.97. The molecule has 12 heavy (non-hydrogen) atoms. The smallest absolute Gasteiger partial charge is 0.320 e. The fourth-order valence-electron chi connectivity index (χ4n) is 0.881. The number of rotatable bonds is 6. The van der Waals surface area contributed by atoms with Crippen LogP contribution in [0, 0.1) is 0 Å². The standard InChI is InChI=1S/C7H16N2O2.H3N/c1-2-9-6(7(10)11)4-3-5-8;/h6,9H,2-5,8H2,1H3,(H,10,11);1H3. The maximum absolute atomic E-state index is 10.5. The summed E-state index contributed by atoms with van der Waals surface area (Å²) in [4.78, 5) is 10.5. The highest BCUT2D eigenvalue weighted by atomic mass is 16.4. The van der Waals surface area contributed by atoms with Crippen molar-refractivity contribution in [3.8, 4) is 0 Å². The summed E-state index contributed by atoms with van der Waals surface area (Å²) in [6.07, 6.45) is 1.36. The molecule has 0 saturated heterocycles. The number of nitrogens with two attached hydrogens (primary N) is 1. The van der Waals surface area contributed by atoms with Crippen LogP contribution in [0.3, 0.4) is 0 Å². The van der Waals surface area contributed by atoms with Crippen molar-refractivity contribution < 1.29 is 9.90 Å². The largest absolute Gasteiger partial charge is 0.480 e. The van der Waals surface area contributed by atoms with Gasteiger partial charge in [-0.25, -0.2) is 0 Å². The molecule has 0 heterocycles. The third-order valence-electron chi connectivity index (χ3n) is 1.45. The third-order valence-corrected chi connectivity index (χ3v) is 1.45. The molecular weight excluding hydrogens is 158 g/mol. The number of carboxylic acid groups (broad SMARTS) is 1. The molecule has 0 aliphatic carbocycles. The highest BCUT2D eigenvalue weighted by molar-refractivity contribution is 5.73. The average molecular weight is 177 g/mol. The van der Waals surface area contributed by atoms with Crippen molar-refractivity contribution in [2.45, 2.75) is 25.8 Å². The van der Waals surface area contributed by atoms with Gasteiger partial charge < -0.3 is 22.3 Å². The summed E-state index contributed by atoms with van der Waals surface area (Å²) in [5, 5.41) is 11.5. The number of likely N-dealkylation sites (N-methyl/N-ethyl adjacent to an activating group) is 1. The van der Waals surface area contributed by atoms with Crippen LogP contribution in [-0.2, 0) is 4.79 Å². The Morgan fingerprint density at radius 1 is 1.67 bits per heavy atom. The number of hydrogen-bond donors (Lipinski definition) is 4. The second-order valence-electron chi connectivity index (χ2n) is 2.38. The molecule has 0 aromatic heterocycles. The minimum absolute atomic E-state index is 0. The minimum atomic E-state index is -0.791. The third kappa shape index (κ3) is 6.09. The zero-order chi connectivity index (χ0) is 8.69. The van der Waals surface area contributed by atoms with Gasteiger partial charge in [-0.15, -0.1) is 0 Å². The van der Waals surface area contributed by atoms with E-state index in [2.05, 4.69) is 5.32 Å². The Morgan fingerprint density at radius 3 is 2.58 bits per heavy atom. The van der Waals surface area contributed by atoms with Gasteiger partial charge in [-0.2, -0.15) is 0 Å². The van der Waals surface area contributed by atoms with Gasteiger partial charge in [0.2, 0.25) is 0 Å². The van der Waals surface area contributed by atoms with Crippen LogP contribution in [0.15, 0.2) is 0 Å². The van der Waals surface area contributed by atoms with Gasteiger partial charge in [0.05, 0.1) is 0 Å². The first kappa shape index (κ1) is 13.9. The van der Waals surface area contributed by atoms with Crippen LogP contribution >= 0.6 is 0 Å². The summed E-state index contributed by atoms with van der Waals surface area (Å²) in [5.74, 6) is -0.791. The van der Waals surface area contributed by atoms with Crippen LogP contribution in [0.4, 0.5) is 0 Å². The van der Waals surface area contributed by atoms with Crippen molar-refractivity contribution in [1.82, 2.24) is 11.5 Å². The van der Waals surface area contributed by atoms with Crippen LogP contribution in [0.2, 0.25) is 0 Å².